The molecule has 1 aromatic carbocycles. The minimum atomic E-state index is 0.714. The van der Waals surface area contributed by atoms with E-state index in [9.17, 15) is 0 Å². The lowest BCUT2D eigenvalue weighted by Crippen LogP contribution is -1.99. The van der Waals surface area contributed by atoms with Crippen LogP contribution in [0.2, 0.25) is 5.15 Å². The number of hydrogen-bond donors (Lipinski definition) is 0. The second-order valence-corrected chi connectivity index (χ2v) is 4.27. The SMILES string of the molecule is CCc1nn(-c2ccccc2C)c(Cl)c1C. The van der Waals surface area contributed by atoms with Gasteiger partial charge in [0, 0.05) is 5.56 Å². The van der Waals surface area contributed by atoms with Crippen molar-refractivity contribution in [3.05, 3.63) is 46.2 Å². The third-order valence-corrected chi connectivity index (χ3v) is 3.27. The van der Waals surface area contributed by atoms with E-state index in [1.165, 1.54) is 5.56 Å². The van der Waals surface area contributed by atoms with E-state index >= 15 is 0 Å². The molecule has 0 atom stereocenters. The van der Waals surface area contributed by atoms with Crippen LogP contribution in [0.25, 0.3) is 5.69 Å². The van der Waals surface area contributed by atoms with Crippen molar-refractivity contribution >= 4 is 11.6 Å². The number of halogens is 1. The Morgan fingerprint density at radius 2 is 1.94 bits per heavy atom. The molecule has 1 aromatic heterocycles. The molecule has 2 nitrogen and oxygen atoms in total. The quantitative estimate of drug-likeness (QED) is 0.775. The molecule has 84 valence electrons. The first-order valence-corrected chi connectivity index (χ1v) is 5.83. The fourth-order valence-electron chi connectivity index (χ4n) is 1.81. The number of benzene rings is 1. The molecule has 16 heavy (non-hydrogen) atoms. The molecule has 0 radical (unpaired) electrons. The lowest BCUT2D eigenvalue weighted by molar-refractivity contribution is 0.836. The smallest absolute Gasteiger partial charge is 0.136 e. The number of rotatable bonds is 2. The molecule has 0 unspecified atom stereocenters. The summed E-state index contributed by atoms with van der Waals surface area (Å²) in [5, 5.41) is 5.26. The first kappa shape index (κ1) is 11.2. The molecule has 0 saturated carbocycles. The van der Waals surface area contributed by atoms with Gasteiger partial charge in [-0.1, -0.05) is 36.7 Å². The summed E-state index contributed by atoms with van der Waals surface area (Å²) in [6.07, 6.45) is 0.907. The van der Waals surface area contributed by atoms with Gasteiger partial charge >= 0.3 is 0 Å². The van der Waals surface area contributed by atoms with E-state index in [0.717, 1.165) is 23.4 Å². The van der Waals surface area contributed by atoms with Crippen molar-refractivity contribution in [2.75, 3.05) is 0 Å². The van der Waals surface area contributed by atoms with Crippen LogP contribution in [0.4, 0.5) is 0 Å². The Morgan fingerprint density at radius 1 is 1.25 bits per heavy atom. The highest BCUT2D eigenvalue weighted by atomic mass is 35.5. The van der Waals surface area contributed by atoms with Gasteiger partial charge in [-0.3, -0.25) is 0 Å². The molecule has 0 saturated heterocycles. The maximum atomic E-state index is 6.30. The highest BCUT2D eigenvalue weighted by Gasteiger charge is 2.13. The summed E-state index contributed by atoms with van der Waals surface area (Å²) in [6, 6.07) is 8.12. The summed E-state index contributed by atoms with van der Waals surface area (Å²) in [7, 11) is 0. The molecule has 0 N–H and O–H groups in total. The molecule has 0 fully saturated rings. The Kier molecular flexibility index (Phi) is 3.01. The fraction of sp³-hybridized carbons (Fsp3) is 0.308. The van der Waals surface area contributed by atoms with Crippen LogP contribution >= 0.6 is 11.6 Å². The molecular weight excluding hydrogens is 220 g/mol. The third kappa shape index (κ3) is 1.74. The molecule has 3 heteroatoms. The number of nitrogens with zero attached hydrogens (tertiary/aromatic N) is 2. The fourth-order valence-corrected chi connectivity index (χ4v) is 2.05. The number of para-hydroxylation sites is 1. The highest BCUT2D eigenvalue weighted by molar-refractivity contribution is 6.30. The topological polar surface area (TPSA) is 17.8 Å². The van der Waals surface area contributed by atoms with Gasteiger partial charge in [0.2, 0.25) is 0 Å². The second kappa shape index (κ2) is 4.30. The van der Waals surface area contributed by atoms with Crippen LogP contribution < -0.4 is 0 Å². The molecule has 0 aliphatic heterocycles. The lowest BCUT2D eigenvalue weighted by Gasteiger charge is -2.06. The molecule has 0 aliphatic carbocycles. The van der Waals surface area contributed by atoms with Gasteiger partial charge in [0.05, 0.1) is 11.4 Å². The van der Waals surface area contributed by atoms with Crippen molar-refractivity contribution in [3.63, 3.8) is 0 Å². The van der Waals surface area contributed by atoms with Gasteiger partial charge in [0.15, 0.2) is 0 Å². The largest absolute Gasteiger partial charge is 0.221 e. The predicted octanol–water partition coefficient (Wildman–Crippen LogP) is 3.70. The molecule has 2 aromatic rings. The number of aryl methyl sites for hydroxylation is 2. The van der Waals surface area contributed by atoms with E-state index < -0.39 is 0 Å². The Bertz CT molecular complexity index is 515. The lowest BCUT2D eigenvalue weighted by atomic mass is 10.2. The Balaban J connectivity index is 2.61. The van der Waals surface area contributed by atoms with E-state index in [-0.39, 0.29) is 0 Å². The number of hydrogen-bond acceptors (Lipinski definition) is 1. The van der Waals surface area contributed by atoms with Crippen molar-refractivity contribution < 1.29 is 0 Å². The second-order valence-electron chi connectivity index (χ2n) is 3.91. The summed E-state index contributed by atoms with van der Waals surface area (Å²) < 4.78 is 1.82. The van der Waals surface area contributed by atoms with Crippen LogP contribution in [0.5, 0.6) is 0 Å². The molecule has 0 aliphatic rings. The van der Waals surface area contributed by atoms with Crippen LogP contribution in [0, 0.1) is 13.8 Å². The summed E-state index contributed by atoms with van der Waals surface area (Å²) in [5.41, 5.74) is 4.37. The van der Waals surface area contributed by atoms with Crippen LogP contribution in [0.3, 0.4) is 0 Å². The first-order valence-electron chi connectivity index (χ1n) is 5.45. The maximum Gasteiger partial charge on any atom is 0.136 e. The molecule has 1 heterocycles. The standard InChI is InChI=1S/C13H15ClN2/c1-4-11-10(3)13(14)16(15-11)12-8-6-5-7-9(12)2/h5-8H,4H2,1-3H3. The summed E-state index contributed by atoms with van der Waals surface area (Å²) in [6.45, 7) is 6.17. The molecular formula is C13H15ClN2. The van der Waals surface area contributed by atoms with Crippen molar-refractivity contribution in [1.82, 2.24) is 9.78 Å². The zero-order valence-electron chi connectivity index (χ0n) is 9.79. The van der Waals surface area contributed by atoms with Gasteiger partial charge in [0.25, 0.3) is 0 Å². The van der Waals surface area contributed by atoms with E-state index in [1.807, 2.05) is 29.8 Å². The van der Waals surface area contributed by atoms with Gasteiger partial charge in [-0.25, -0.2) is 4.68 Å². The van der Waals surface area contributed by atoms with Crippen LogP contribution in [-0.2, 0) is 6.42 Å². The molecule has 0 spiro atoms. The molecule has 0 bridgehead atoms. The minimum Gasteiger partial charge on any atom is -0.221 e. The van der Waals surface area contributed by atoms with Gasteiger partial charge in [0.1, 0.15) is 5.15 Å². The van der Waals surface area contributed by atoms with Crippen LogP contribution in [0.1, 0.15) is 23.7 Å². The summed E-state index contributed by atoms with van der Waals surface area (Å²) >= 11 is 6.30. The third-order valence-electron chi connectivity index (χ3n) is 2.83. The van der Waals surface area contributed by atoms with Crippen molar-refractivity contribution in [2.24, 2.45) is 0 Å². The monoisotopic (exact) mass is 234 g/mol. The van der Waals surface area contributed by atoms with E-state index in [2.05, 4.69) is 25.0 Å². The Hall–Kier alpha value is -1.28. The van der Waals surface area contributed by atoms with Gasteiger partial charge in [-0.05, 0) is 31.9 Å². The molecule has 2 rings (SSSR count). The van der Waals surface area contributed by atoms with E-state index in [1.54, 1.807) is 0 Å². The van der Waals surface area contributed by atoms with Crippen molar-refractivity contribution in [2.45, 2.75) is 27.2 Å². The van der Waals surface area contributed by atoms with Crippen LogP contribution in [0.15, 0.2) is 24.3 Å². The van der Waals surface area contributed by atoms with Gasteiger partial charge < -0.3 is 0 Å². The van der Waals surface area contributed by atoms with Crippen molar-refractivity contribution in [3.8, 4) is 5.69 Å². The minimum absolute atomic E-state index is 0.714. The number of aromatic nitrogens is 2. The Labute approximate surface area is 101 Å². The van der Waals surface area contributed by atoms with E-state index in [0.29, 0.717) is 5.15 Å². The predicted molar refractivity (Wildman–Crippen MR) is 67.4 cm³/mol. The molecule has 0 amide bonds. The zero-order valence-corrected chi connectivity index (χ0v) is 10.5. The average Bonchev–Trinajstić information content (AvgIpc) is 2.57. The summed E-state index contributed by atoms with van der Waals surface area (Å²) in [5.74, 6) is 0. The maximum absolute atomic E-state index is 6.30. The highest BCUT2D eigenvalue weighted by Crippen LogP contribution is 2.24. The van der Waals surface area contributed by atoms with Gasteiger partial charge in [-0.15, -0.1) is 0 Å². The van der Waals surface area contributed by atoms with E-state index in [4.69, 9.17) is 11.6 Å². The average molecular weight is 235 g/mol. The van der Waals surface area contributed by atoms with Crippen LogP contribution in [-0.4, -0.2) is 9.78 Å². The Morgan fingerprint density at radius 3 is 2.50 bits per heavy atom. The van der Waals surface area contributed by atoms with Crippen molar-refractivity contribution in [1.29, 1.82) is 0 Å². The first-order chi connectivity index (χ1) is 7.65. The zero-order chi connectivity index (χ0) is 11.7. The summed E-state index contributed by atoms with van der Waals surface area (Å²) in [4.78, 5) is 0. The van der Waals surface area contributed by atoms with Gasteiger partial charge in [-0.2, -0.15) is 5.10 Å². The normalized spacial score (nSPS) is 10.8.